The van der Waals surface area contributed by atoms with E-state index in [4.69, 9.17) is 0 Å². The number of hydrogen-bond donors (Lipinski definition) is 0. The maximum absolute atomic E-state index is 15.0. The molecule has 1 unspecified atom stereocenters. The number of amides is 1. The Labute approximate surface area is 177 Å². The van der Waals surface area contributed by atoms with E-state index >= 15 is 0 Å². The van der Waals surface area contributed by atoms with Crippen molar-refractivity contribution in [1.82, 2.24) is 14.7 Å². The van der Waals surface area contributed by atoms with Crippen LogP contribution in [0.5, 0.6) is 0 Å². The number of anilines is 1. The van der Waals surface area contributed by atoms with Crippen LogP contribution in [0.25, 0.3) is 11.1 Å². The number of para-hydroxylation sites is 1. The van der Waals surface area contributed by atoms with Gasteiger partial charge in [-0.2, -0.15) is 5.10 Å². The molecule has 3 heterocycles. The molecule has 8 heteroatoms. The number of hydrogen-bond acceptors (Lipinski definition) is 3. The van der Waals surface area contributed by atoms with Crippen LogP contribution in [0.1, 0.15) is 17.5 Å². The van der Waals surface area contributed by atoms with Crippen LogP contribution < -0.4 is 4.90 Å². The van der Waals surface area contributed by atoms with Crippen LogP contribution in [0.2, 0.25) is 0 Å². The molecule has 31 heavy (non-hydrogen) atoms. The summed E-state index contributed by atoms with van der Waals surface area (Å²) in [7, 11) is 1.79. The van der Waals surface area contributed by atoms with Crippen LogP contribution in [0.15, 0.2) is 54.9 Å². The van der Waals surface area contributed by atoms with Crippen molar-refractivity contribution < 1.29 is 18.0 Å². The van der Waals surface area contributed by atoms with Gasteiger partial charge in [0, 0.05) is 42.2 Å². The average molecular weight is 426 g/mol. The Balaban J connectivity index is 1.47. The van der Waals surface area contributed by atoms with Gasteiger partial charge in [-0.25, -0.2) is 13.2 Å². The van der Waals surface area contributed by atoms with Crippen molar-refractivity contribution in [3.8, 4) is 11.1 Å². The van der Waals surface area contributed by atoms with E-state index in [0.29, 0.717) is 29.8 Å². The lowest BCUT2D eigenvalue weighted by Gasteiger charge is -2.49. The molecule has 1 atom stereocenters. The Bertz CT molecular complexity index is 1160. The molecular formula is C23H21F3N4O. The Kier molecular flexibility index (Phi) is 4.62. The fraction of sp³-hybridized carbons (Fsp3) is 0.304. The number of aromatic nitrogens is 2. The standard InChI is InChI=1S/C23H21F3N4O/c1-28-12-17(11-27-28)15-6-7-16(19(24)10-15)13-30-20-5-3-2-4-18(20)23(22(30)31)8-9-29(23)14-21(25)26/h2-7,10-12,21H,8-9,13-14H2,1H3. The molecule has 5 rings (SSSR count). The Hall–Kier alpha value is -3.13. The highest BCUT2D eigenvalue weighted by atomic mass is 19.3. The molecule has 160 valence electrons. The number of nitrogens with zero attached hydrogens (tertiary/aromatic N) is 4. The van der Waals surface area contributed by atoms with Gasteiger partial charge in [-0.3, -0.25) is 14.4 Å². The summed E-state index contributed by atoms with van der Waals surface area (Å²) >= 11 is 0. The maximum Gasteiger partial charge on any atom is 0.252 e. The second-order valence-corrected chi connectivity index (χ2v) is 8.06. The van der Waals surface area contributed by atoms with Gasteiger partial charge in [0.25, 0.3) is 12.3 Å². The SMILES string of the molecule is Cn1cc(-c2ccc(CN3C(=O)C4(CCN4CC(F)F)c4ccccc43)c(F)c2)cn1. The Morgan fingerprint density at radius 1 is 1.16 bits per heavy atom. The third-order valence-corrected chi connectivity index (χ3v) is 6.30. The fourth-order valence-corrected chi connectivity index (χ4v) is 4.71. The molecule has 0 saturated carbocycles. The summed E-state index contributed by atoms with van der Waals surface area (Å²) in [5.41, 5.74) is 2.17. The lowest BCUT2D eigenvalue weighted by Crippen LogP contribution is -2.63. The van der Waals surface area contributed by atoms with Crippen LogP contribution in [0.3, 0.4) is 0 Å². The minimum Gasteiger partial charge on any atom is -0.306 e. The van der Waals surface area contributed by atoms with Crippen LogP contribution in [0, 0.1) is 5.82 Å². The third kappa shape index (κ3) is 3.05. The third-order valence-electron chi connectivity index (χ3n) is 6.30. The van der Waals surface area contributed by atoms with Gasteiger partial charge < -0.3 is 4.90 Å². The number of likely N-dealkylation sites (tertiary alicyclic amines) is 1. The fourth-order valence-electron chi connectivity index (χ4n) is 4.71. The molecule has 1 fully saturated rings. The smallest absolute Gasteiger partial charge is 0.252 e. The minimum absolute atomic E-state index is 0.0409. The quantitative estimate of drug-likeness (QED) is 0.621. The van der Waals surface area contributed by atoms with Crippen LogP contribution in [-0.4, -0.2) is 40.1 Å². The van der Waals surface area contributed by atoms with Gasteiger partial charge in [0.2, 0.25) is 0 Å². The first-order valence-corrected chi connectivity index (χ1v) is 10.1. The number of alkyl halides is 2. The summed E-state index contributed by atoms with van der Waals surface area (Å²) in [6, 6.07) is 12.1. The van der Waals surface area contributed by atoms with Gasteiger partial charge >= 0.3 is 0 Å². The Morgan fingerprint density at radius 2 is 1.97 bits per heavy atom. The summed E-state index contributed by atoms with van der Waals surface area (Å²) in [5.74, 6) is -0.693. The number of aryl methyl sites for hydroxylation is 1. The predicted octanol–water partition coefficient (Wildman–Crippen LogP) is 3.94. The number of carbonyl (C=O) groups is 1. The van der Waals surface area contributed by atoms with Crippen molar-refractivity contribution in [2.24, 2.45) is 7.05 Å². The summed E-state index contributed by atoms with van der Waals surface area (Å²) in [6.45, 7) is 0.0216. The first-order chi connectivity index (χ1) is 14.9. The molecule has 2 aliphatic heterocycles. The zero-order valence-corrected chi connectivity index (χ0v) is 16.9. The zero-order valence-electron chi connectivity index (χ0n) is 16.9. The van der Waals surface area contributed by atoms with Crippen molar-refractivity contribution in [3.05, 3.63) is 71.8 Å². The van der Waals surface area contributed by atoms with E-state index in [1.165, 1.54) is 11.0 Å². The first kappa shape index (κ1) is 19.8. The van der Waals surface area contributed by atoms with Crippen LogP contribution in [-0.2, 0) is 23.9 Å². The van der Waals surface area contributed by atoms with E-state index < -0.39 is 24.3 Å². The lowest BCUT2D eigenvalue weighted by atomic mass is 9.79. The van der Waals surface area contributed by atoms with E-state index in [2.05, 4.69) is 5.10 Å². The normalized spacial score (nSPS) is 20.5. The van der Waals surface area contributed by atoms with E-state index in [1.807, 2.05) is 6.07 Å². The lowest BCUT2D eigenvalue weighted by molar-refractivity contribution is -0.142. The van der Waals surface area contributed by atoms with Crippen LogP contribution >= 0.6 is 0 Å². The number of benzene rings is 2. The van der Waals surface area contributed by atoms with Gasteiger partial charge in [-0.15, -0.1) is 0 Å². The molecule has 1 spiro atoms. The monoisotopic (exact) mass is 426 g/mol. The van der Waals surface area contributed by atoms with Crippen molar-refractivity contribution >= 4 is 11.6 Å². The molecular weight excluding hydrogens is 405 g/mol. The molecule has 2 aliphatic rings. The van der Waals surface area contributed by atoms with Gasteiger partial charge in [0.05, 0.1) is 19.3 Å². The van der Waals surface area contributed by atoms with Gasteiger partial charge in [-0.05, 0) is 24.1 Å². The van der Waals surface area contributed by atoms with E-state index in [9.17, 15) is 18.0 Å². The molecule has 5 nitrogen and oxygen atoms in total. The molecule has 1 amide bonds. The van der Waals surface area contributed by atoms with E-state index in [1.54, 1.807) is 59.4 Å². The molecule has 0 aliphatic carbocycles. The number of rotatable bonds is 5. The van der Waals surface area contributed by atoms with Crippen molar-refractivity contribution in [3.63, 3.8) is 0 Å². The van der Waals surface area contributed by atoms with E-state index in [-0.39, 0.29) is 12.5 Å². The molecule has 1 saturated heterocycles. The van der Waals surface area contributed by atoms with Crippen molar-refractivity contribution in [1.29, 1.82) is 0 Å². The highest BCUT2D eigenvalue weighted by Gasteiger charge is 2.59. The highest BCUT2D eigenvalue weighted by Crippen LogP contribution is 2.51. The van der Waals surface area contributed by atoms with Gasteiger partial charge in [0.15, 0.2) is 0 Å². The summed E-state index contributed by atoms with van der Waals surface area (Å²) in [4.78, 5) is 16.5. The molecule has 1 aromatic heterocycles. The molecule has 2 aromatic carbocycles. The molecule has 0 bridgehead atoms. The van der Waals surface area contributed by atoms with Gasteiger partial charge in [-0.1, -0.05) is 30.3 Å². The highest BCUT2D eigenvalue weighted by molar-refractivity contribution is 6.08. The second-order valence-electron chi connectivity index (χ2n) is 8.06. The summed E-state index contributed by atoms with van der Waals surface area (Å²) < 4.78 is 42.8. The average Bonchev–Trinajstić information content (AvgIpc) is 3.27. The summed E-state index contributed by atoms with van der Waals surface area (Å²) in [6.07, 6.45) is 1.41. The first-order valence-electron chi connectivity index (χ1n) is 10.1. The minimum atomic E-state index is -2.52. The Morgan fingerprint density at radius 3 is 2.61 bits per heavy atom. The van der Waals surface area contributed by atoms with Gasteiger partial charge in [0.1, 0.15) is 11.4 Å². The largest absolute Gasteiger partial charge is 0.306 e. The topological polar surface area (TPSA) is 41.4 Å². The molecule has 3 aromatic rings. The summed E-state index contributed by atoms with van der Waals surface area (Å²) in [5, 5.41) is 4.11. The molecule has 0 N–H and O–H groups in total. The second kappa shape index (κ2) is 7.23. The molecule has 0 radical (unpaired) electrons. The van der Waals surface area contributed by atoms with Crippen molar-refractivity contribution in [2.75, 3.05) is 18.0 Å². The number of fused-ring (bicyclic) bond motifs is 2. The number of carbonyl (C=O) groups excluding carboxylic acids is 1. The van der Waals surface area contributed by atoms with Crippen molar-refractivity contribution in [2.45, 2.75) is 24.9 Å². The number of halogens is 3. The zero-order chi connectivity index (χ0) is 21.8. The van der Waals surface area contributed by atoms with E-state index in [0.717, 1.165) is 11.1 Å². The maximum atomic E-state index is 15.0. The van der Waals surface area contributed by atoms with Crippen LogP contribution in [0.4, 0.5) is 18.9 Å². The predicted molar refractivity (Wildman–Crippen MR) is 110 cm³/mol.